The molecular weight excluding hydrogens is 282 g/mol. The van der Waals surface area contributed by atoms with Crippen LogP contribution in [0.4, 0.5) is 5.69 Å². The molecular formula is C12H11N3O4S. The summed E-state index contributed by atoms with van der Waals surface area (Å²) >= 11 is 1.45. The Bertz CT molecular complexity index is 799. The van der Waals surface area contributed by atoms with Gasteiger partial charge in [0.15, 0.2) is 0 Å². The number of aromatic nitrogens is 2. The topological polar surface area (TPSA) is 87.1 Å². The molecule has 2 aromatic heterocycles. The van der Waals surface area contributed by atoms with Crippen molar-refractivity contribution in [3.63, 3.8) is 0 Å². The highest BCUT2D eigenvalue weighted by atomic mass is 32.1. The molecule has 0 saturated heterocycles. The maximum absolute atomic E-state index is 11.8. The van der Waals surface area contributed by atoms with Crippen LogP contribution in [0.3, 0.4) is 0 Å². The van der Waals surface area contributed by atoms with E-state index in [2.05, 4.69) is 0 Å². The lowest BCUT2D eigenvalue weighted by Crippen LogP contribution is -2.39. The SMILES string of the molecule is Cn1c(C=Cc2cccs2)c([N+](=O)[O-])c(=O)n(C)c1=O. The molecule has 0 aliphatic rings. The van der Waals surface area contributed by atoms with Crippen molar-refractivity contribution in [2.45, 2.75) is 0 Å². The fourth-order valence-electron chi connectivity index (χ4n) is 1.75. The van der Waals surface area contributed by atoms with Crippen molar-refractivity contribution in [3.8, 4) is 0 Å². The molecule has 0 fully saturated rings. The minimum atomic E-state index is -0.913. The predicted molar refractivity (Wildman–Crippen MR) is 76.8 cm³/mol. The minimum Gasteiger partial charge on any atom is -0.291 e. The summed E-state index contributed by atoms with van der Waals surface area (Å²) in [5.74, 6) is 0. The average molecular weight is 293 g/mol. The molecule has 0 unspecified atom stereocenters. The van der Waals surface area contributed by atoms with Gasteiger partial charge in [0.25, 0.3) is 0 Å². The summed E-state index contributed by atoms with van der Waals surface area (Å²) < 4.78 is 1.81. The number of nitrogens with zero attached hydrogens (tertiary/aromatic N) is 3. The second-order valence-corrected chi connectivity index (χ2v) is 5.02. The summed E-state index contributed by atoms with van der Waals surface area (Å²) in [5, 5.41) is 12.9. The molecule has 2 heterocycles. The largest absolute Gasteiger partial charge is 0.357 e. The number of rotatable bonds is 3. The van der Waals surface area contributed by atoms with Crippen LogP contribution in [0.25, 0.3) is 12.2 Å². The van der Waals surface area contributed by atoms with Crippen LogP contribution in [-0.2, 0) is 14.1 Å². The van der Waals surface area contributed by atoms with Crippen molar-refractivity contribution in [1.82, 2.24) is 9.13 Å². The fourth-order valence-corrected chi connectivity index (χ4v) is 2.37. The first-order chi connectivity index (χ1) is 9.43. The van der Waals surface area contributed by atoms with Crippen molar-refractivity contribution in [1.29, 1.82) is 0 Å². The molecule has 0 N–H and O–H groups in total. The third-order valence-corrected chi connectivity index (χ3v) is 3.65. The molecule has 0 aliphatic heterocycles. The second kappa shape index (κ2) is 5.25. The third-order valence-electron chi connectivity index (χ3n) is 2.82. The zero-order chi connectivity index (χ0) is 14.9. The zero-order valence-corrected chi connectivity index (χ0v) is 11.6. The lowest BCUT2D eigenvalue weighted by molar-refractivity contribution is -0.387. The Balaban J connectivity index is 2.71. The predicted octanol–water partition coefficient (Wildman–Crippen LogP) is 1.22. The summed E-state index contributed by atoms with van der Waals surface area (Å²) in [7, 11) is 2.60. The van der Waals surface area contributed by atoms with Crippen LogP contribution < -0.4 is 11.2 Å². The smallest absolute Gasteiger partial charge is 0.291 e. The fraction of sp³-hybridized carbons (Fsp3) is 0.167. The summed E-state index contributed by atoms with van der Waals surface area (Å²) in [6.07, 6.45) is 3.04. The average Bonchev–Trinajstić information content (AvgIpc) is 2.91. The monoisotopic (exact) mass is 293 g/mol. The lowest BCUT2D eigenvalue weighted by atomic mass is 10.3. The van der Waals surface area contributed by atoms with Gasteiger partial charge in [-0.2, -0.15) is 0 Å². The van der Waals surface area contributed by atoms with E-state index in [0.29, 0.717) is 0 Å². The van der Waals surface area contributed by atoms with Gasteiger partial charge in [0.2, 0.25) is 0 Å². The molecule has 0 atom stereocenters. The number of hydrogen-bond donors (Lipinski definition) is 0. The Labute approximate surface area is 117 Å². The van der Waals surface area contributed by atoms with Crippen LogP contribution in [0.5, 0.6) is 0 Å². The van der Waals surface area contributed by atoms with Gasteiger partial charge in [0.1, 0.15) is 5.69 Å². The number of hydrogen-bond acceptors (Lipinski definition) is 5. The van der Waals surface area contributed by atoms with E-state index in [9.17, 15) is 19.7 Å². The van der Waals surface area contributed by atoms with Gasteiger partial charge in [-0.1, -0.05) is 6.07 Å². The number of nitro groups is 1. The van der Waals surface area contributed by atoms with Crippen LogP contribution in [0.1, 0.15) is 10.6 Å². The van der Waals surface area contributed by atoms with Gasteiger partial charge < -0.3 is 0 Å². The van der Waals surface area contributed by atoms with E-state index >= 15 is 0 Å². The van der Waals surface area contributed by atoms with Crippen LogP contribution in [0.2, 0.25) is 0 Å². The van der Waals surface area contributed by atoms with Gasteiger partial charge in [-0.05, 0) is 23.6 Å². The van der Waals surface area contributed by atoms with Gasteiger partial charge >= 0.3 is 16.9 Å². The highest BCUT2D eigenvalue weighted by molar-refractivity contribution is 7.10. The molecule has 2 rings (SSSR count). The Morgan fingerprint density at radius 1 is 1.25 bits per heavy atom. The van der Waals surface area contributed by atoms with Crippen LogP contribution in [-0.4, -0.2) is 14.1 Å². The third kappa shape index (κ3) is 2.32. The van der Waals surface area contributed by atoms with Gasteiger partial charge in [0.05, 0.1) is 4.92 Å². The second-order valence-electron chi connectivity index (χ2n) is 4.05. The first kappa shape index (κ1) is 13.9. The summed E-state index contributed by atoms with van der Waals surface area (Å²) in [5.41, 5.74) is -2.14. The van der Waals surface area contributed by atoms with Crippen LogP contribution in [0, 0.1) is 10.1 Å². The zero-order valence-electron chi connectivity index (χ0n) is 10.8. The van der Waals surface area contributed by atoms with Crippen molar-refractivity contribution >= 4 is 29.2 Å². The van der Waals surface area contributed by atoms with E-state index in [0.717, 1.165) is 14.0 Å². The van der Waals surface area contributed by atoms with Gasteiger partial charge in [-0.15, -0.1) is 11.3 Å². The van der Waals surface area contributed by atoms with Crippen molar-refractivity contribution < 1.29 is 4.92 Å². The molecule has 20 heavy (non-hydrogen) atoms. The first-order valence-corrected chi connectivity index (χ1v) is 6.47. The van der Waals surface area contributed by atoms with Crippen molar-refractivity contribution in [3.05, 3.63) is 59.0 Å². The minimum absolute atomic E-state index is 0.0171. The summed E-state index contributed by atoms with van der Waals surface area (Å²) in [6, 6.07) is 3.66. The summed E-state index contributed by atoms with van der Waals surface area (Å²) in [4.78, 5) is 34.8. The molecule has 2 aromatic rings. The van der Waals surface area contributed by atoms with Crippen molar-refractivity contribution in [2.24, 2.45) is 14.1 Å². The number of thiophene rings is 1. The molecule has 0 spiro atoms. The lowest BCUT2D eigenvalue weighted by Gasteiger charge is -2.06. The van der Waals surface area contributed by atoms with E-state index in [4.69, 9.17) is 0 Å². The molecule has 0 saturated carbocycles. The normalized spacial score (nSPS) is 11.1. The van der Waals surface area contributed by atoms with E-state index in [1.165, 1.54) is 31.5 Å². The molecule has 0 bridgehead atoms. The quantitative estimate of drug-likeness (QED) is 0.629. The van der Waals surface area contributed by atoms with Gasteiger partial charge in [0, 0.05) is 19.0 Å². The Kier molecular flexibility index (Phi) is 3.66. The van der Waals surface area contributed by atoms with E-state index in [1.54, 1.807) is 6.08 Å². The van der Waals surface area contributed by atoms with Gasteiger partial charge in [-0.3, -0.25) is 24.0 Å². The van der Waals surface area contributed by atoms with E-state index in [1.807, 2.05) is 17.5 Å². The molecule has 0 amide bonds. The Morgan fingerprint density at radius 2 is 1.95 bits per heavy atom. The van der Waals surface area contributed by atoms with E-state index < -0.39 is 21.9 Å². The first-order valence-electron chi connectivity index (χ1n) is 5.59. The molecule has 104 valence electrons. The van der Waals surface area contributed by atoms with Crippen LogP contribution >= 0.6 is 11.3 Å². The maximum Gasteiger partial charge on any atom is 0.357 e. The maximum atomic E-state index is 11.8. The van der Waals surface area contributed by atoms with Gasteiger partial charge in [-0.25, -0.2) is 4.79 Å². The molecule has 0 aromatic carbocycles. The molecule has 0 aliphatic carbocycles. The molecule has 0 radical (unpaired) electrons. The summed E-state index contributed by atoms with van der Waals surface area (Å²) in [6.45, 7) is 0. The van der Waals surface area contributed by atoms with Crippen molar-refractivity contribution in [2.75, 3.05) is 0 Å². The Morgan fingerprint density at radius 3 is 2.50 bits per heavy atom. The molecule has 7 nitrogen and oxygen atoms in total. The van der Waals surface area contributed by atoms with E-state index in [-0.39, 0.29) is 5.69 Å². The van der Waals surface area contributed by atoms with Crippen LogP contribution in [0.15, 0.2) is 27.1 Å². The highest BCUT2D eigenvalue weighted by Crippen LogP contribution is 2.17. The molecule has 8 heteroatoms. The standard InChI is InChI=1S/C12H11N3O4S/c1-13-9(6-5-8-4-3-7-20-8)10(15(18)19)11(16)14(2)12(13)17/h3-7H,1-2H3. The highest BCUT2D eigenvalue weighted by Gasteiger charge is 2.23. The Hall–Kier alpha value is -2.48.